The molecule has 2 bridgehead atoms. The van der Waals surface area contributed by atoms with Gasteiger partial charge in [-0.3, -0.25) is 4.18 Å². The summed E-state index contributed by atoms with van der Waals surface area (Å²) in [5.74, 6) is 0.481. The van der Waals surface area contributed by atoms with E-state index in [2.05, 4.69) is 88.3 Å². The Hall–Kier alpha value is -2.47. The molecule has 0 N–H and O–H groups in total. The third-order valence-electron chi connectivity index (χ3n) is 8.80. The maximum atomic E-state index is 13.7. The summed E-state index contributed by atoms with van der Waals surface area (Å²) in [6.07, 6.45) is 2.29. The lowest BCUT2D eigenvalue weighted by Crippen LogP contribution is -2.61. The van der Waals surface area contributed by atoms with Crippen molar-refractivity contribution >= 4 is 10.1 Å². The zero-order valence-electron chi connectivity index (χ0n) is 22.6. The Morgan fingerprint density at radius 2 is 1.24 bits per heavy atom. The lowest BCUT2D eigenvalue weighted by atomic mass is 9.52. The van der Waals surface area contributed by atoms with Crippen LogP contribution in [0.25, 0.3) is 0 Å². The van der Waals surface area contributed by atoms with Gasteiger partial charge in [-0.2, -0.15) is 8.42 Å². The average molecular weight is 518 g/mol. The largest absolute Gasteiger partial charge is 0.304 e. The summed E-state index contributed by atoms with van der Waals surface area (Å²) in [6, 6.07) is 28.4. The molecule has 0 spiro atoms. The van der Waals surface area contributed by atoms with Crippen molar-refractivity contribution < 1.29 is 12.6 Å². The van der Waals surface area contributed by atoms with Gasteiger partial charge in [0.25, 0.3) is 10.1 Å². The van der Waals surface area contributed by atoms with E-state index in [0.717, 1.165) is 18.4 Å². The quantitative estimate of drug-likeness (QED) is 0.340. The van der Waals surface area contributed by atoms with Gasteiger partial charge < -0.3 is 4.90 Å². The summed E-state index contributed by atoms with van der Waals surface area (Å²) in [5, 5.41) is 0. The maximum absolute atomic E-state index is 13.7. The Morgan fingerprint density at radius 1 is 0.757 bits per heavy atom. The molecule has 37 heavy (non-hydrogen) atoms. The Balaban J connectivity index is 1.56. The molecule has 3 aliphatic carbocycles. The van der Waals surface area contributed by atoms with Gasteiger partial charge in [-0.1, -0.05) is 93.6 Å². The van der Waals surface area contributed by atoms with Crippen molar-refractivity contribution in [3.05, 3.63) is 102 Å². The number of fused-ring (bicyclic) bond motifs is 3. The zero-order chi connectivity index (χ0) is 26.4. The number of hydrogen-bond donors (Lipinski definition) is 0. The first kappa shape index (κ1) is 26.1. The lowest BCUT2D eigenvalue weighted by Gasteiger charge is -2.60. The number of nitrogens with zero attached hydrogens (tertiary/aromatic N) is 1. The predicted octanol–water partition coefficient (Wildman–Crippen LogP) is 6.74. The number of hydrogen-bond acceptors (Lipinski definition) is 4. The normalized spacial score (nSPS) is 27.9. The van der Waals surface area contributed by atoms with Crippen molar-refractivity contribution in [2.24, 2.45) is 5.92 Å². The molecule has 3 fully saturated rings. The van der Waals surface area contributed by atoms with E-state index in [1.807, 2.05) is 24.3 Å². The standard InChI is InChI=1S/C32H39NO3S/c1-31(2,3)25-16-18-26(19-17-25)37(34,35)36-29-22-32(33(4)5)20-27(23-12-8-6-9-13-23)30(29)28(21-32)24-14-10-7-11-15-24/h6-19,27-30H,20-22H2,1-5H3/t27-,28-,29+,30?,32?/m0/s1. The number of benzene rings is 3. The van der Waals surface area contributed by atoms with Crippen LogP contribution in [0.2, 0.25) is 0 Å². The van der Waals surface area contributed by atoms with Crippen LogP contribution in [0.15, 0.2) is 89.8 Å². The molecule has 3 aromatic rings. The SMILES string of the molecule is CN(C)C12C[C@@H](OS(=O)(=O)c3ccc(C(C)(C)C)cc3)C([C@H](c3ccccc3)C1)[C@H](c1ccccc1)C2. The average Bonchev–Trinajstić information content (AvgIpc) is 2.89. The van der Waals surface area contributed by atoms with Crippen molar-refractivity contribution in [3.8, 4) is 0 Å². The molecule has 4 nitrogen and oxygen atoms in total. The minimum Gasteiger partial charge on any atom is -0.304 e. The van der Waals surface area contributed by atoms with Crippen LogP contribution < -0.4 is 0 Å². The minimum absolute atomic E-state index is 0.0461. The molecular weight excluding hydrogens is 478 g/mol. The Kier molecular flexibility index (Phi) is 6.84. The van der Waals surface area contributed by atoms with Gasteiger partial charge in [0.2, 0.25) is 0 Å². The van der Waals surface area contributed by atoms with Gasteiger partial charge in [-0.05, 0) is 79.4 Å². The summed E-state index contributed by atoms with van der Waals surface area (Å²) in [5.41, 5.74) is 3.43. The molecule has 196 valence electrons. The minimum atomic E-state index is -3.93. The predicted molar refractivity (Wildman–Crippen MR) is 149 cm³/mol. The van der Waals surface area contributed by atoms with E-state index in [0.29, 0.717) is 6.42 Å². The molecule has 0 aliphatic heterocycles. The first-order chi connectivity index (χ1) is 17.5. The van der Waals surface area contributed by atoms with Crippen LogP contribution in [0.1, 0.15) is 68.6 Å². The van der Waals surface area contributed by atoms with Crippen LogP contribution in [0.3, 0.4) is 0 Å². The molecule has 0 heterocycles. The van der Waals surface area contributed by atoms with E-state index in [1.165, 1.54) is 11.1 Å². The summed E-state index contributed by atoms with van der Waals surface area (Å²) in [6.45, 7) is 6.37. The Morgan fingerprint density at radius 3 is 1.68 bits per heavy atom. The molecule has 3 aromatic carbocycles. The van der Waals surface area contributed by atoms with Crippen LogP contribution >= 0.6 is 0 Å². The summed E-state index contributed by atoms with van der Waals surface area (Å²) in [4.78, 5) is 2.54. The van der Waals surface area contributed by atoms with Crippen LogP contribution in [0, 0.1) is 5.92 Å². The molecule has 0 saturated heterocycles. The molecule has 0 amide bonds. The molecule has 0 unspecified atom stereocenters. The van der Waals surface area contributed by atoms with Crippen molar-refractivity contribution in [2.45, 2.75) is 73.8 Å². The molecule has 6 rings (SSSR count). The molecular formula is C32H39NO3S. The van der Waals surface area contributed by atoms with Crippen LogP contribution in [-0.2, 0) is 19.7 Å². The first-order valence-corrected chi connectivity index (χ1v) is 14.7. The highest BCUT2D eigenvalue weighted by molar-refractivity contribution is 7.86. The summed E-state index contributed by atoms with van der Waals surface area (Å²) < 4.78 is 33.6. The first-order valence-electron chi connectivity index (χ1n) is 13.3. The fourth-order valence-electron chi connectivity index (χ4n) is 6.72. The van der Waals surface area contributed by atoms with Crippen molar-refractivity contribution in [1.29, 1.82) is 0 Å². The van der Waals surface area contributed by atoms with Gasteiger partial charge >= 0.3 is 0 Å². The van der Waals surface area contributed by atoms with Crippen LogP contribution in [0.5, 0.6) is 0 Å². The molecule has 0 radical (unpaired) electrons. The van der Waals surface area contributed by atoms with Crippen LogP contribution in [0.4, 0.5) is 0 Å². The Bertz CT molecular complexity index is 1260. The van der Waals surface area contributed by atoms with Gasteiger partial charge in [-0.15, -0.1) is 0 Å². The second-order valence-electron chi connectivity index (χ2n) is 12.2. The second-order valence-corrected chi connectivity index (χ2v) is 13.8. The van der Waals surface area contributed by atoms with Crippen molar-refractivity contribution in [2.75, 3.05) is 14.1 Å². The molecule has 3 aliphatic rings. The van der Waals surface area contributed by atoms with E-state index in [4.69, 9.17) is 4.18 Å². The molecule has 5 heteroatoms. The highest BCUT2D eigenvalue weighted by Gasteiger charge is 2.58. The molecule has 3 atom stereocenters. The Labute approximate surface area is 222 Å². The molecule has 3 saturated carbocycles. The fraction of sp³-hybridized carbons (Fsp3) is 0.438. The van der Waals surface area contributed by atoms with E-state index in [1.54, 1.807) is 12.1 Å². The van der Waals surface area contributed by atoms with Crippen molar-refractivity contribution in [1.82, 2.24) is 4.90 Å². The lowest BCUT2D eigenvalue weighted by molar-refractivity contribution is -0.0784. The second kappa shape index (κ2) is 9.68. The highest BCUT2D eigenvalue weighted by atomic mass is 32.2. The topological polar surface area (TPSA) is 46.6 Å². The van der Waals surface area contributed by atoms with Gasteiger partial charge in [0, 0.05) is 11.5 Å². The van der Waals surface area contributed by atoms with Gasteiger partial charge in [0.15, 0.2) is 0 Å². The van der Waals surface area contributed by atoms with Gasteiger partial charge in [0.1, 0.15) is 0 Å². The van der Waals surface area contributed by atoms with Crippen molar-refractivity contribution in [3.63, 3.8) is 0 Å². The third kappa shape index (κ3) is 5.01. The third-order valence-corrected chi connectivity index (χ3v) is 10.2. The van der Waals surface area contributed by atoms with E-state index in [9.17, 15) is 8.42 Å². The van der Waals surface area contributed by atoms with Crippen LogP contribution in [-0.4, -0.2) is 39.1 Å². The van der Waals surface area contributed by atoms with Gasteiger partial charge in [-0.25, -0.2) is 0 Å². The number of rotatable bonds is 6. The fourth-order valence-corrected chi connectivity index (χ4v) is 7.82. The highest BCUT2D eigenvalue weighted by Crippen LogP contribution is 2.60. The smallest absolute Gasteiger partial charge is 0.297 e. The van der Waals surface area contributed by atoms with E-state index < -0.39 is 16.2 Å². The molecule has 0 aromatic heterocycles. The summed E-state index contributed by atoms with van der Waals surface area (Å²) >= 11 is 0. The van der Waals surface area contributed by atoms with E-state index in [-0.39, 0.29) is 33.6 Å². The summed E-state index contributed by atoms with van der Waals surface area (Å²) in [7, 11) is 0.336. The van der Waals surface area contributed by atoms with Gasteiger partial charge in [0.05, 0.1) is 11.0 Å². The zero-order valence-corrected chi connectivity index (χ0v) is 23.4. The maximum Gasteiger partial charge on any atom is 0.297 e. The monoisotopic (exact) mass is 517 g/mol. The van der Waals surface area contributed by atoms with E-state index >= 15 is 0 Å².